The van der Waals surface area contributed by atoms with Crippen molar-refractivity contribution in [3.05, 3.63) is 95.6 Å². The van der Waals surface area contributed by atoms with E-state index in [-0.39, 0.29) is 6.54 Å². The van der Waals surface area contributed by atoms with E-state index in [4.69, 9.17) is 33.5 Å². The Kier molecular flexibility index (Phi) is 12.5. The average molecular weight is 540 g/mol. The van der Waals surface area contributed by atoms with E-state index in [9.17, 15) is 4.79 Å². The van der Waals surface area contributed by atoms with Gasteiger partial charge in [-0.1, -0.05) is 54.6 Å². The Labute approximate surface area is 229 Å². The first-order valence-corrected chi connectivity index (χ1v) is 12.8. The largest absolute Gasteiger partial charge is 0.497 e. The van der Waals surface area contributed by atoms with Crippen molar-refractivity contribution >= 4 is 6.09 Å². The Bertz CT molecular complexity index is 1040. The highest BCUT2D eigenvalue weighted by Gasteiger charge is 2.37. The summed E-state index contributed by atoms with van der Waals surface area (Å²) in [5.41, 5.74) is 2.03. The van der Waals surface area contributed by atoms with Crippen LogP contribution in [0.4, 0.5) is 4.79 Å². The minimum Gasteiger partial charge on any atom is -0.497 e. The lowest BCUT2D eigenvalue weighted by molar-refractivity contribution is -0.0367. The third kappa shape index (κ3) is 8.97. The number of ether oxygens (including phenoxy) is 6. The van der Waals surface area contributed by atoms with Crippen LogP contribution in [0.1, 0.15) is 16.7 Å². The van der Waals surface area contributed by atoms with Crippen LogP contribution in [0, 0.1) is 0 Å². The molecule has 0 radical (unpaired) electrons. The summed E-state index contributed by atoms with van der Waals surface area (Å²) in [6, 6.07) is 25.9. The fourth-order valence-electron chi connectivity index (χ4n) is 4.10. The van der Waals surface area contributed by atoms with Gasteiger partial charge in [0.05, 0.1) is 60.5 Å². The number of methoxy groups -OCH3 is 2. The van der Waals surface area contributed by atoms with Gasteiger partial charge in [0.25, 0.3) is 0 Å². The summed E-state index contributed by atoms with van der Waals surface area (Å²) in [6.45, 7) is 2.87. The molecule has 0 aliphatic heterocycles. The molecule has 39 heavy (non-hydrogen) atoms. The van der Waals surface area contributed by atoms with E-state index in [1.54, 1.807) is 14.2 Å². The highest BCUT2D eigenvalue weighted by molar-refractivity contribution is 5.64. The van der Waals surface area contributed by atoms with Gasteiger partial charge in [-0.15, -0.1) is 0 Å². The van der Waals surface area contributed by atoms with E-state index in [1.165, 1.54) is 0 Å². The summed E-state index contributed by atoms with van der Waals surface area (Å²) in [5, 5.41) is 10.7. The molecular formula is C30H37NO8. The van der Waals surface area contributed by atoms with E-state index in [1.807, 2.05) is 66.7 Å². The molecule has 210 valence electrons. The molecule has 0 aliphatic rings. The van der Waals surface area contributed by atoms with Crippen molar-refractivity contribution in [3.8, 4) is 11.5 Å². The van der Waals surface area contributed by atoms with Crippen LogP contribution >= 0.6 is 0 Å². The van der Waals surface area contributed by atoms with Crippen LogP contribution in [0.15, 0.2) is 78.9 Å². The summed E-state index contributed by atoms with van der Waals surface area (Å²) in [7, 11) is 3.29. The molecule has 0 bridgehead atoms. The predicted molar refractivity (Wildman–Crippen MR) is 147 cm³/mol. The first-order valence-electron chi connectivity index (χ1n) is 12.8. The SMILES string of the molecule is COc1ccc(C(OCCOCCOCCOCCNC(=O)O)(c2ccccc2)c2ccc(OC)cc2)cc1. The van der Waals surface area contributed by atoms with Gasteiger partial charge in [0.2, 0.25) is 0 Å². The van der Waals surface area contributed by atoms with Gasteiger partial charge in [0.15, 0.2) is 0 Å². The van der Waals surface area contributed by atoms with Crippen molar-refractivity contribution in [3.63, 3.8) is 0 Å². The summed E-state index contributed by atoms with van der Waals surface area (Å²) in [5.74, 6) is 1.53. The Balaban J connectivity index is 1.62. The van der Waals surface area contributed by atoms with Crippen molar-refractivity contribution in [2.24, 2.45) is 0 Å². The smallest absolute Gasteiger partial charge is 0.404 e. The van der Waals surface area contributed by atoms with Gasteiger partial charge in [0, 0.05) is 6.54 Å². The molecule has 3 aromatic carbocycles. The standard InChI is InChI=1S/C30H37NO8/c1-34-27-12-8-25(9-13-27)30(24-6-4-3-5-7-24,26-10-14-28(35-2)15-11-26)39-23-22-38-21-20-37-19-18-36-17-16-31-29(32)33/h3-15,31H,16-23H2,1-2H3,(H,32,33). The van der Waals surface area contributed by atoms with Crippen LogP contribution < -0.4 is 14.8 Å². The van der Waals surface area contributed by atoms with Crippen LogP contribution in [0.3, 0.4) is 0 Å². The Hall–Kier alpha value is -3.63. The molecule has 9 nitrogen and oxygen atoms in total. The van der Waals surface area contributed by atoms with Crippen molar-refractivity contribution < 1.29 is 38.3 Å². The second-order valence-corrected chi connectivity index (χ2v) is 8.42. The minimum atomic E-state index is -1.06. The lowest BCUT2D eigenvalue weighted by Gasteiger charge is -2.36. The third-order valence-electron chi connectivity index (χ3n) is 5.99. The molecule has 3 rings (SSSR count). The predicted octanol–water partition coefficient (Wildman–Crippen LogP) is 4.33. The summed E-state index contributed by atoms with van der Waals surface area (Å²) in [4.78, 5) is 10.4. The summed E-state index contributed by atoms with van der Waals surface area (Å²) in [6.07, 6.45) is -1.06. The molecule has 0 unspecified atom stereocenters. The minimum absolute atomic E-state index is 0.246. The zero-order valence-corrected chi connectivity index (χ0v) is 22.5. The van der Waals surface area contributed by atoms with Crippen molar-refractivity contribution in [2.45, 2.75) is 5.60 Å². The fourth-order valence-corrected chi connectivity index (χ4v) is 4.10. The van der Waals surface area contributed by atoms with Gasteiger partial charge in [-0.2, -0.15) is 0 Å². The van der Waals surface area contributed by atoms with Gasteiger partial charge in [-0.3, -0.25) is 0 Å². The molecule has 0 spiro atoms. The lowest BCUT2D eigenvalue weighted by Crippen LogP contribution is -2.34. The molecule has 0 aliphatic carbocycles. The van der Waals surface area contributed by atoms with Crippen molar-refractivity contribution in [1.82, 2.24) is 5.32 Å². The first-order chi connectivity index (χ1) is 19.1. The molecule has 0 heterocycles. The average Bonchev–Trinajstić information content (AvgIpc) is 2.98. The zero-order valence-electron chi connectivity index (χ0n) is 22.5. The van der Waals surface area contributed by atoms with Crippen molar-refractivity contribution in [2.75, 3.05) is 67.0 Å². The maximum Gasteiger partial charge on any atom is 0.404 e. The maximum atomic E-state index is 10.4. The number of nitrogens with one attached hydrogen (secondary N) is 1. The third-order valence-corrected chi connectivity index (χ3v) is 5.99. The van der Waals surface area contributed by atoms with E-state index < -0.39 is 11.7 Å². The van der Waals surface area contributed by atoms with Gasteiger partial charge < -0.3 is 38.8 Å². The van der Waals surface area contributed by atoms with Gasteiger partial charge in [-0.25, -0.2) is 4.79 Å². The number of benzene rings is 3. The van der Waals surface area contributed by atoms with Crippen LogP contribution in [-0.2, 0) is 24.5 Å². The van der Waals surface area contributed by atoms with E-state index in [0.29, 0.717) is 46.2 Å². The fraction of sp³-hybridized carbons (Fsp3) is 0.367. The molecule has 1 amide bonds. The molecule has 3 aromatic rings. The highest BCUT2D eigenvalue weighted by Crippen LogP contribution is 2.41. The second kappa shape index (κ2) is 16.4. The Morgan fingerprint density at radius 1 is 0.641 bits per heavy atom. The number of amides is 1. The summed E-state index contributed by atoms with van der Waals surface area (Å²) < 4.78 is 34.1. The van der Waals surface area contributed by atoms with Gasteiger partial charge in [0.1, 0.15) is 17.1 Å². The number of hydrogen-bond donors (Lipinski definition) is 2. The number of carboxylic acid groups (broad SMARTS) is 1. The van der Waals surface area contributed by atoms with E-state index in [0.717, 1.165) is 28.2 Å². The molecule has 0 atom stereocenters. The molecule has 0 saturated heterocycles. The quantitative estimate of drug-likeness (QED) is 0.182. The monoisotopic (exact) mass is 539 g/mol. The summed E-state index contributed by atoms with van der Waals surface area (Å²) >= 11 is 0. The van der Waals surface area contributed by atoms with Crippen LogP contribution in [0.5, 0.6) is 11.5 Å². The molecule has 0 saturated carbocycles. The zero-order chi connectivity index (χ0) is 27.8. The molecule has 9 heteroatoms. The Morgan fingerprint density at radius 2 is 1.08 bits per heavy atom. The van der Waals surface area contributed by atoms with Crippen LogP contribution in [0.25, 0.3) is 0 Å². The van der Waals surface area contributed by atoms with Crippen molar-refractivity contribution in [1.29, 1.82) is 0 Å². The van der Waals surface area contributed by atoms with E-state index in [2.05, 4.69) is 17.4 Å². The molecular weight excluding hydrogens is 502 g/mol. The second-order valence-electron chi connectivity index (χ2n) is 8.42. The number of hydrogen-bond acceptors (Lipinski definition) is 7. The number of carbonyl (C=O) groups is 1. The maximum absolute atomic E-state index is 10.4. The topological polar surface area (TPSA) is 105 Å². The number of rotatable bonds is 18. The van der Waals surface area contributed by atoms with Gasteiger partial charge >= 0.3 is 6.09 Å². The van der Waals surface area contributed by atoms with Crippen LogP contribution in [-0.4, -0.2) is 78.2 Å². The van der Waals surface area contributed by atoms with Gasteiger partial charge in [-0.05, 0) is 41.0 Å². The normalized spacial score (nSPS) is 11.2. The first kappa shape index (κ1) is 29.9. The lowest BCUT2D eigenvalue weighted by atomic mass is 9.80. The molecule has 0 aromatic heterocycles. The van der Waals surface area contributed by atoms with Crippen LogP contribution in [0.2, 0.25) is 0 Å². The van der Waals surface area contributed by atoms with E-state index >= 15 is 0 Å². The Morgan fingerprint density at radius 3 is 1.54 bits per heavy atom. The molecule has 0 fully saturated rings. The highest BCUT2D eigenvalue weighted by atomic mass is 16.6. The molecule has 2 N–H and O–H groups in total.